The van der Waals surface area contributed by atoms with Crippen LogP contribution in [0.25, 0.3) is 0 Å². The molecule has 2 heterocycles. The van der Waals surface area contributed by atoms with E-state index in [0.717, 1.165) is 19.0 Å². The van der Waals surface area contributed by atoms with Gasteiger partial charge in [0.25, 0.3) is 0 Å². The van der Waals surface area contributed by atoms with Gasteiger partial charge in [0.2, 0.25) is 11.9 Å². The molecule has 4 nitrogen and oxygen atoms in total. The molecule has 1 N–H and O–H groups in total. The van der Waals surface area contributed by atoms with Crippen molar-refractivity contribution < 1.29 is 4.79 Å². The minimum absolute atomic E-state index is 0.0203. The van der Waals surface area contributed by atoms with Crippen molar-refractivity contribution in [3.63, 3.8) is 0 Å². The van der Waals surface area contributed by atoms with Crippen LogP contribution in [-0.2, 0) is 4.79 Å². The predicted molar refractivity (Wildman–Crippen MR) is 41.3 cm³/mol. The lowest BCUT2D eigenvalue weighted by Gasteiger charge is -2.15. The van der Waals surface area contributed by atoms with E-state index in [9.17, 15) is 4.79 Å². The van der Waals surface area contributed by atoms with Crippen LogP contribution in [0.5, 0.6) is 0 Å². The Bertz CT molecular complexity index is 206. The van der Waals surface area contributed by atoms with Gasteiger partial charge in [-0.2, -0.15) is 0 Å². The van der Waals surface area contributed by atoms with E-state index in [1.807, 2.05) is 0 Å². The molecule has 1 saturated heterocycles. The lowest BCUT2D eigenvalue weighted by Crippen LogP contribution is -2.38. The molecule has 2 aliphatic heterocycles. The molecule has 4 heteroatoms. The summed E-state index contributed by atoms with van der Waals surface area (Å²) in [5.41, 5.74) is 0. The number of carbonyl (C=O) groups is 1. The summed E-state index contributed by atoms with van der Waals surface area (Å²) in [6.07, 6.45) is 2.43. The molecule has 0 saturated carbocycles. The number of rotatable bonds is 0. The van der Waals surface area contributed by atoms with Gasteiger partial charge >= 0.3 is 0 Å². The van der Waals surface area contributed by atoms with Crippen LogP contribution < -0.4 is 5.32 Å². The SMILES string of the molecule is O=C1CN=C(N2CCCC2)N1. The number of hydrogen-bond donors (Lipinski definition) is 1. The van der Waals surface area contributed by atoms with E-state index in [2.05, 4.69) is 15.2 Å². The maximum Gasteiger partial charge on any atom is 0.248 e. The largest absolute Gasteiger partial charge is 0.343 e. The van der Waals surface area contributed by atoms with Crippen LogP contribution in [0.15, 0.2) is 4.99 Å². The summed E-state index contributed by atoms with van der Waals surface area (Å²) in [5.74, 6) is 0.805. The van der Waals surface area contributed by atoms with Crippen LogP contribution in [0.2, 0.25) is 0 Å². The van der Waals surface area contributed by atoms with Crippen molar-refractivity contribution in [1.29, 1.82) is 0 Å². The molecule has 0 aromatic rings. The number of aliphatic imine (C=N–C) groups is 1. The number of amides is 1. The second-order valence-corrected chi connectivity index (χ2v) is 2.88. The van der Waals surface area contributed by atoms with Crippen LogP contribution in [0.3, 0.4) is 0 Å². The van der Waals surface area contributed by atoms with Crippen LogP contribution in [0.1, 0.15) is 12.8 Å². The highest BCUT2D eigenvalue weighted by molar-refractivity contribution is 6.02. The van der Waals surface area contributed by atoms with Gasteiger partial charge in [-0.15, -0.1) is 0 Å². The zero-order valence-electron chi connectivity index (χ0n) is 6.34. The molecule has 0 bridgehead atoms. The van der Waals surface area contributed by atoms with Gasteiger partial charge in [-0.25, -0.2) is 4.99 Å². The van der Waals surface area contributed by atoms with E-state index in [1.54, 1.807) is 0 Å². The van der Waals surface area contributed by atoms with Crippen molar-refractivity contribution in [2.24, 2.45) is 4.99 Å². The lowest BCUT2D eigenvalue weighted by atomic mass is 10.4. The zero-order chi connectivity index (χ0) is 7.68. The summed E-state index contributed by atoms with van der Waals surface area (Å²) in [4.78, 5) is 17.0. The third-order valence-corrected chi connectivity index (χ3v) is 2.03. The Morgan fingerprint density at radius 1 is 1.36 bits per heavy atom. The molecule has 60 valence electrons. The number of carbonyl (C=O) groups excluding carboxylic acids is 1. The Hall–Kier alpha value is -1.06. The molecular formula is C7H11N3O. The number of hydrogen-bond acceptors (Lipinski definition) is 3. The quantitative estimate of drug-likeness (QED) is 0.513. The highest BCUT2D eigenvalue weighted by Gasteiger charge is 2.21. The smallest absolute Gasteiger partial charge is 0.248 e. The molecule has 0 aliphatic carbocycles. The maximum absolute atomic E-state index is 10.8. The summed E-state index contributed by atoms with van der Waals surface area (Å²) in [5, 5.41) is 2.73. The Balaban J connectivity index is 1.99. The molecule has 0 aromatic carbocycles. The summed E-state index contributed by atoms with van der Waals surface area (Å²) < 4.78 is 0. The fraction of sp³-hybridized carbons (Fsp3) is 0.714. The van der Waals surface area contributed by atoms with E-state index >= 15 is 0 Å². The number of guanidine groups is 1. The first kappa shape index (κ1) is 6.64. The molecule has 0 atom stereocenters. The third-order valence-electron chi connectivity index (χ3n) is 2.03. The molecule has 0 radical (unpaired) electrons. The van der Waals surface area contributed by atoms with Crippen molar-refractivity contribution in [1.82, 2.24) is 10.2 Å². The predicted octanol–water partition coefficient (Wildman–Crippen LogP) is -0.432. The van der Waals surface area contributed by atoms with Gasteiger partial charge in [0.1, 0.15) is 6.54 Å². The first-order chi connectivity index (χ1) is 5.36. The Morgan fingerprint density at radius 3 is 2.64 bits per heavy atom. The third kappa shape index (κ3) is 1.20. The molecule has 1 amide bonds. The molecule has 11 heavy (non-hydrogen) atoms. The highest BCUT2D eigenvalue weighted by Crippen LogP contribution is 2.08. The van der Waals surface area contributed by atoms with Gasteiger partial charge in [-0.05, 0) is 12.8 Å². The molecule has 1 fully saturated rings. The van der Waals surface area contributed by atoms with E-state index in [-0.39, 0.29) is 5.91 Å². The van der Waals surface area contributed by atoms with Crippen molar-refractivity contribution in [2.45, 2.75) is 12.8 Å². The van der Waals surface area contributed by atoms with Crippen molar-refractivity contribution in [3.05, 3.63) is 0 Å². The van der Waals surface area contributed by atoms with E-state index < -0.39 is 0 Å². The van der Waals surface area contributed by atoms with Gasteiger partial charge in [0.15, 0.2) is 0 Å². The van der Waals surface area contributed by atoms with E-state index in [1.165, 1.54) is 12.8 Å². The van der Waals surface area contributed by atoms with Gasteiger partial charge in [0.05, 0.1) is 0 Å². The molecule has 2 rings (SSSR count). The second-order valence-electron chi connectivity index (χ2n) is 2.88. The molecule has 0 aromatic heterocycles. The average molecular weight is 153 g/mol. The number of nitrogens with zero attached hydrogens (tertiary/aromatic N) is 2. The number of likely N-dealkylation sites (tertiary alicyclic amines) is 1. The lowest BCUT2D eigenvalue weighted by molar-refractivity contribution is -0.117. The van der Waals surface area contributed by atoms with Gasteiger partial charge in [-0.1, -0.05) is 0 Å². The fourth-order valence-electron chi connectivity index (χ4n) is 1.46. The topological polar surface area (TPSA) is 44.7 Å². The Kier molecular flexibility index (Phi) is 1.52. The van der Waals surface area contributed by atoms with Crippen molar-refractivity contribution in [2.75, 3.05) is 19.6 Å². The van der Waals surface area contributed by atoms with Gasteiger partial charge in [0, 0.05) is 13.1 Å². The summed E-state index contributed by atoms with van der Waals surface area (Å²) in [7, 11) is 0. The summed E-state index contributed by atoms with van der Waals surface area (Å²) >= 11 is 0. The molecule has 0 spiro atoms. The van der Waals surface area contributed by atoms with Crippen LogP contribution in [0, 0.1) is 0 Å². The minimum atomic E-state index is 0.0203. The average Bonchev–Trinajstić information content (AvgIpc) is 2.55. The normalized spacial score (nSPS) is 23.8. The van der Waals surface area contributed by atoms with Crippen molar-refractivity contribution in [3.8, 4) is 0 Å². The second kappa shape index (κ2) is 2.53. The fourth-order valence-corrected chi connectivity index (χ4v) is 1.46. The molecule has 0 unspecified atom stereocenters. The number of nitrogens with one attached hydrogen (secondary N) is 1. The first-order valence-electron chi connectivity index (χ1n) is 3.95. The highest BCUT2D eigenvalue weighted by atomic mass is 16.2. The minimum Gasteiger partial charge on any atom is -0.343 e. The Morgan fingerprint density at radius 2 is 2.09 bits per heavy atom. The van der Waals surface area contributed by atoms with Crippen molar-refractivity contribution >= 4 is 11.9 Å². The van der Waals surface area contributed by atoms with Gasteiger partial charge in [-0.3, -0.25) is 10.1 Å². The zero-order valence-corrected chi connectivity index (χ0v) is 6.34. The van der Waals surface area contributed by atoms with E-state index in [4.69, 9.17) is 0 Å². The monoisotopic (exact) mass is 153 g/mol. The van der Waals surface area contributed by atoms with Crippen LogP contribution in [-0.4, -0.2) is 36.4 Å². The summed E-state index contributed by atoms with van der Waals surface area (Å²) in [6.45, 7) is 2.39. The molecular weight excluding hydrogens is 142 g/mol. The van der Waals surface area contributed by atoms with Crippen LogP contribution >= 0.6 is 0 Å². The molecule has 2 aliphatic rings. The maximum atomic E-state index is 10.8. The van der Waals surface area contributed by atoms with E-state index in [0.29, 0.717) is 6.54 Å². The first-order valence-corrected chi connectivity index (χ1v) is 3.95. The van der Waals surface area contributed by atoms with Crippen LogP contribution in [0.4, 0.5) is 0 Å². The summed E-state index contributed by atoms with van der Waals surface area (Å²) in [6, 6.07) is 0. The standard InChI is InChI=1S/C7H11N3O/c11-6-5-8-7(9-6)10-3-1-2-4-10/h1-5H2,(H,8,9,11). The van der Waals surface area contributed by atoms with Gasteiger partial charge < -0.3 is 4.90 Å². The Labute approximate surface area is 65.3 Å².